The number of pyridine rings is 1. The maximum absolute atomic E-state index is 12.3. The lowest BCUT2D eigenvalue weighted by Gasteiger charge is -2.20. The van der Waals surface area contributed by atoms with E-state index in [9.17, 15) is 18.1 Å². The fourth-order valence-electron chi connectivity index (χ4n) is 2.35. The van der Waals surface area contributed by atoms with Crippen LogP contribution in [0.25, 0.3) is 0 Å². The van der Waals surface area contributed by atoms with Gasteiger partial charge in [0, 0.05) is 29.2 Å². The Morgan fingerprint density at radius 2 is 2.04 bits per heavy atom. The summed E-state index contributed by atoms with van der Waals surface area (Å²) in [6.45, 7) is -3.26. The van der Waals surface area contributed by atoms with Gasteiger partial charge in [-0.2, -0.15) is 8.78 Å². The van der Waals surface area contributed by atoms with Crippen LogP contribution in [0.5, 0.6) is 5.88 Å². The van der Waals surface area contributed by atoms with E-state index < -0.39 is 35.7 Å². The quantitative estimate of drug-likeness (QED) is 0.608. The predicted octanol–water partition coefficient (Wildman–Crippen LogP) is 2.76. The Morgan fingerprint density at radius 3 is 2.57 bits per heavy atom. The first-order chi connectivity index (χ1) is 13.2. The van der Waals surface area contributed by atoms with E-state index in [1.807, 2.05) is 24.3 Å². The van der Waals surface area contributed by atoms with Crippen molar-refractivity contribution in [2.45, 2.75) is 28.4 Å². The molecule has 11 heteroatoms. The molecule has 0 radical (unpaired) electrons. The van der Waals surface area contributed by atoms with Crippen LogP contribution in [0.2, 0.25) is 5.02 Å². The van der Waals surface area contributed by atoms with E-state index in [4.69, 9.17) is 16.7 Å². The molecule has 1 saturated heterocycles. The number of hydrogen-bond donors (Lipinski definition) is 3. The van der Waals surface area contributed by atoms with Crippen molar-refractivity contribution in [2.75, 3.05) is 19.7 Å². The number of aliphatic hydroxyl groups is 2. The van der Waals surface area contributed by atoms with E-state index in [2.05, 4.69) is 22.3 Å². The smallest absolute Gasteiger partial charge is 0.388 e. The van der Waals surface area contributed by atoms with Crippen molar-refractivity contribution in [2.24, 2.45) is 0 Å². The second-order valence-electron chi connectivity index (χ2n) is 5.91. The van der Waals surface area contributed by atoms with Crippen LogP contribution in [0.15, 0.2) is 52.4 Å². The molecular weight excluding hydrogens is 434 g/mol. The van der Waals surface area contributed by atoms with Crippen molar-refractivity contribution in [3.63, 3.8) is 0 Å². The Hall–Kier alpha value is -1.30. The number of alkyl halides is 2. The van der Waals surface area contributed by atoms with Gasteiger partial charge in [0.1, 0.15) is 21.5 Å². The molecular formula is C17H19ClF2N2O4S2. The molecule has 1 fully saturated rings. The normalized spacial score (nSPS) is 20.5. The second-order valence-corrected chi connectivity index (χ2v) is 8.31. The van der Waals surface area contributed by atoms with E-state index in [-0.39, 0.29) is 24.4 Å². The van der Waals surface area contributed by atoms with Crippen LogP contribution in [0.3, 0.4) is 0 Å². The number of benzene rings is 1. The van der Waals surface area contributed by atoms with E-state index in [0.717, 1.165) is 9.92 Å². The van der Waals surface area contributed by atoms with Crippen LogP contribution in [0.4, 0.5) is 8.78 Å². The molecule has 0 spiro atoms. The molecule has 2 unspecified atom stereocenters. The summed E-state index contributed by atoms with van der Waals surface area (Å²) in [4.78, 5) is 4.58. The Balaban J connectivity index is 0.000000292. The zero-order valence-corrected chi connectivity index (χ0v) is 17.0. The van der Waals surface area contributed by atoms with Crippen LogP contribution in [0.1, 0.15) is 6.42 Å². The molecule has 1 aliphatic heterocycles. The Morgan fingerprint density at radius 1 is 1.36 bits per heavy atom. The van der Waals surface area contributed by atoms with Gasteiger partial charge < -0.3 is 14.9 Å². The van der Waals surface area contributed by atoms with E-state index in [0.29, 0.717) is 0 Å². The Bertz CT molecular complexity index is 780. The summed E-state index contributed by atoms with van der Waals surface area (Å²) in [7, 11) is -1.79. The van der Waals surface area contributed by atoms with Gasteiger partial charge in [0.05, 0.1) is 6.61 Å². The standard InChI is InChI=1S/C11H14F2N2O4S.C6H5ClS/c12-10(13)19-9-8(2-1-4-14-9)20(18)15-5-3-11(17,6-15)7-16;7-5-1-3-6(8)4-2-5/h1-2,4,10,16-17H,3,5-7H2;1-4,8H. The highest BCUT2D eigenvalue weighted by Gasteiger charge is 2.38. The molecule has 3 rings (SSSR count). The molecule has 2 aromatic rings. The molecule has 2 atom stereocenters. The SMILES string of the molecule is O=S(c1cccnc1OC(F)F)N1CCC(O)(CO)C1.Sc1ccc(Cl)cc1. The van der Waals surface area contributed by atoms with Gasteiger partial charge in [0.2, 0.25) is 5.88 Å². The van der Waals surface area contributed by atoms with E-state index in [1.54, 1.807) is 0 Å². The van der Waals surface area contributed by atoms with Gasteiger partial charge in [-0.05, 0) is 42.8 Å². The third-order valence-corrected chi connectivity index (χ3v) is 5.80. The van der Waals surface area contributed by atoms with Crippen molar-refractivity contribution >= 4 is 35.2 Å². The molecule has 154 valence electrons. The summed E-state index contributed by atoms with van der Waals surface area (Å²) >= 11 is 9.65. The minimum absolute atomic E-state index is 0.00925. The largest absolute Gasteiger partial charge is 0.416 e. The van der Waals surface area contributed by atoms with Crippen LogP contribution in [-0.2, 0) is 11.0 Å². The number of β-amino-alcohol motifs (C(OH)–C–C–N with tert-alkyl or cyclic N) is 1. The summed E-state index contributed by atoms with van der Waals surface area (Å²) < 4.78 is 42.5. The number of aliphatic hydroxyl groups excluding tert-OH is 1. The summed E-state index contributed by atoms with van der Waals surface area (Å²) in [6, 6.07) is 10.2. The number of rotatable bonds is 5. The van der Waals surface area contributed by atoms with Gasteiger partial charge >= 0.3 is 6.61 Å². The third-order valence-electron chi connectivity index (χ3n) is 3.78. The fourth-order valence-corrected chi connectivity index (χ4v) is 3.96. The highest BCUT2D eigenvalue weighted by Crippen LogP contribution is 2.28. The summed E-state index contributed by atoms with van der Waals surface area (Å²) in [5.74, 6) is -0.403. The Labute approximate surface area is 174 Å². The topological polar surface area (TPSA) is 82.9 Å². The predicted molar refractivity (Wildman–Crippen MR) is 104 cm³/mol. The second kappa shape index (κ2) is 10.5. The molecule has 0 saturated carbocycles. The zero-order chi connectivity index (χ0) is 20.7. The molecule has 1 aromatic carbocycles. The highest BCUT2D eigenvalue weighted by molar-refractivity contribution is 7.82. The minimum Gasteiger partial charge on any atom is -0.416 e. The summed E-state index contributed by atoms with van der Waals surface area (Å²) in [5.41, 5.74) is -1.32. The number of aromatic nitrogens is 1. The van der Waals surface area contributed by atoms with Crippen LogP contribution < -0.4 is 4.74 Å². The van der Waals surface area contributed by atoms with Gasteiger partial charge in [0.25, 0.3) is 0 Å². The van der Waals surface area contributed by atoms with Crippen molar-refractivity contribution in [1.82, 2.24) is 9.29 Å². The molecule has 0 aliphatic carbocycles. The average Bonchev–Trinajstić information content (AvgIpc) is 3.07. The van der Waals surface area contributed by atoms with Crippen molar-refractivity contribution in [1.29, 1.82) is 0 Å². The van der Waals surface area contributed by atoms with Crippen LogP contribution >= 0.6 is 24.2 Å². The van der Waals surface area contributed by atoms with Gasteiger partial charge in [-0.1, -0.05) is 11.6 Å². The lowest BCUT2D eigenvalue weighted by atomic mass is 10.1. The number of thiol groups is 1. The van der Waals surface area contributed by atoms with Gasteiger partial charge in [0.15, 0.2) is 0 Å². The van der Waals surface area contributed by atoms with E-state index >= 15 is 0 Å². The summed E-state index contributed by atoms with van der Waals surface area (Å²) in [6.07, 6.45) is 1.51. The lowest BCUT2D eigenvalue weighted by molar-refractivity contribution is -0.0549. The molecule has 1 aromatic heterocycles. The van der Waals surface area contributed by atoms with Crippen molar-refractivity contribution < 1.29 is 27.9 Å². The molecule has 2 heterocycles. The van der Waals surface area contributed by atoms with E-state index in [1.165, 1.54) is 22.6 Å². The first kappa shape index (κ1) is 23.0. The average molecular weight is 453 g/mol. The molecule has 6 nitrogen and oxygen atoms in total. The van der Waals surface area contributed by atoms with Crippen molar-refractivity contribution in [3.8, 4) is 5.88 Å². The molecule has 28 heavy (non-hydrogen) atoms. The minimum atomic E-state index is -3.06. The lowest BCUT2D eigenvalue weighted by Crippen LogP contribution is -2.37. The monoisotopic (exact) mass is 452 g/mol. The molecule has 0 amide bonds. The highest BCUT2D eigenvalue weighted by atomic mass is 35.5. The number of nitrogens with zero attached hydrogens (tertiary/aromatic N) is 2. The van der Waals surface area contributed by atoms with Gasteiger partial charge in [-0.3, -0.25) is 0 Å². The number of hydrogen-bond acceptors (Lipinski definition) is 6. The zero-order valence-electron chi connectivity index (χ0n) is 14.5. The van der Waals surface area contributed by atoms with Gasteiger partial charge in [-0.25, -0.2) is 13.5 Å². The maximum atomic E-state index is 12.3. The number of halogens is 3. The fraction of sp³-hybridized carbons (Fsp3) is 0.353. The van der Waals surface area contributed by atoms with Gasteiger partial charge in [-0.15, -0.1) is 12.6 Å². The van der Waals surface area contributed by atoms with Crippen LogP contribution in [-0.4, -0.2) is 55.6 Å². The molecule has 1 aliphatic rings. The molecule has 2 N–H and O–H groups in total. The summed E-state index contributed by atoms with van der Waals surface area (Å²) in [5, 5.41) is 19.7. The third kappa shape index (κ3) is 6.64. The Kier molecular flexibility index (Phi) is 8.59. The molecule has 0 bridgehead atoms. The maximum Gasteiger partial charge on any atom is 0.388 e. The first-order valence-electron chi connectivity index (χ1n) is 8.08. The van der Waals surface area contributed by atoms with Crippen LogP contribution in [0, 0.1) is 0 Å². The number of ether oxygens (including phenoxy) is 1. The first-order valence-corrected chi connectivity index (χ1v) is 10.0. The van der Waals surface area contributed by atoms with Crippen molar-refractivity contribution in [3.05, 3.63) is 47.6 Å².